The average molecular weight is 421 g/mol. The lowest BCUT2D eigenvalue weighted by Gasteiger charge is -2.36. The fraction of sp³-hybridized carbons (Fsp3) is 0.440. The maximum Gasteiger partial charge on any atom is 0.264 e. The lowest BCUT2D eigenvalue weighted by Crippen LogP contribution is -2.49. The Balaban J connectivity index is 1.73. The Bertz CT molecular complexity index is 1010. The third-order valence-corrected chi connectivity index (χ3v) is 5.96. The molecule has 0 spiro atoms. The average Bonchev–Trinajstić information content (AvgIpc) is 3.04. The van der Waals surface area contributed by atoms with Crippen molar-refractivity contribution in [1.82, 2.24) is 9.47 Å². The first kappa shape index (κ1) is 22.6. The number of anilines is 1. The predicted octanol–water partition coefficient (Wildman–Crippen LogP) is 3.88. The summed E-state index contributed by atoms with van der Waals surface area (Å²) in [5.74, 6) is -0.193. The number of benzene rings is 1. The Labute approximate surface area is 185 Å². The molecule has 1 unspecified atom stereocenters. The SMILES string of the molecule is COCC(C)n1c(C)cc(/C=C(\C#N)C(=O)N2CCN(c3cccc(C)c3)CC2)c1C. The van der Waals surface area contributed by atoms with Crippen molar-refractivity contribution in [3.63, 3.8) is 0 Å². The van der Waals surface area contributed by atoms with E-state index in [4.69, 9.17) is 4.74 Å². The molecular weight excluding hydrogens is 388 g/mol. The highest BCUT2D eigenvalue weighted by molar-refractivity contribution is 6.02. The largest absolute Gasteiger partial charge is 0.383 e. The first-order valence-corrected chi connectivity index (χ1v) is 10.8. The van der Waals surface area contributed by atoms with Gasteiger partial charge in [0.15, 0.2) is 0 Å². The van der Waals surface area contributed by atoms with Crippen LogP contribution in [-0.4, -0.2) is 55.3 Å². The number of hydrogen-bond donors (Lipinski definition) is 0. The summed E-state index contributed by atoms with van der Waals surface area (Å²) < 4.78 is 7.48. The van der Waals surface area contributed by atoms with Crippen LogP contribution in [0.2, 0.25) is 0 Å². The van der Waals surface area contributed by atoms with Gasteiger partial charge >= 0.3 is 0 Å². The number of hydrogen-bond acceptors (Lipinski definition) is 4. The fourth-order valence-electron chi connectivity index (χ4n) is 4.40. The van der Waals surface area contributed by atoms with Gasteiger partial charge in [0.25, 0.3) is 5.91 Å². The summed E-state index contributed by atoms with van der Waals surface area (Å²) in [4.78, 5) is 17.1. The molecule has 0 saturated carbocycles. The number of carbonyl (C=O) groups excluding carboxylic acids is 1. The van der Waals surface area contributed by atoms with E-state index in [1.54, 1.807) is 18.1 Å². The molecule has 1 aromatic carbocycles. The number of nitriles is 1. The minimum atomic E-state index is -0.193. The van der Waals surface area contributed by atoms with Crippen LogP contribution in [0.4, 0.5) is 5.69 Å². The number of amides is 1. The molecule has 0 N–H and O–H groups in total. The summed E-state index contributed by atoms with van der Waals surface area (Å²) >= 11 is 0. The van der Waals surface area contributed by atoms with Gasteiger partial charge in [0.05, 0.1) is 12.6 Å². The Morgan fingerprint density at radius 3 is 2.52 bits per heavy atom. The molecule has 1 aromatic heterocycles. The van der Waals surface area contributed by atoms with Crippen molar-refractivity contribution >= 4 is 17.7 Å². The smallest absolute Gasteiger partial charge is 0.264 e. The monoisotopic (exact) mass is 420 g/mol. The highest BCUT2D eigenvalue weighted by Crippen LogP contribution is 2.24. The van der Waals surface area contributed by atoms with Crippen LogP contribution in [0.3, 0.4) is 0 Å². The second-order valence-electron chi connectivity index (χ2n) is 8.29. The highest BCUT2D eigenvalue weighted by Gasteiger charge is 2.24. The van der Waals surface area contributed by atoms with Gasteiger partial charge in [-0.05, 0) is 63.1 Å². The normalized spacial score (nSPS) is 15.7. The molecule has 1 atom stereocenters. The second kappa shape index (κ2) is 9.84. The van der Waals surface area contributed by atoms with Crippen molar-refractivity contribution in [3.05, 3.63) is 58.4 Å². The first-order valence-electron chi connectivity index (χ1n) is 10.8. The molecule has 164 valence electrons. The van der Waals surface area contributed by atoms with Crippen molar-refractivity contribution in [2.24, 2.45) is 0 Å². The summed E-state index contributed by atoms with van der Waals surface area (Å²) in [5, 5.41) is 9.71. The van der Waals surface area contributed by atoms with E-state index in [-0.39, 0.29) is 17.5 Å². The molecule has 1 aliphatic rings. The number of aryl methyl sites for hydroxylation is 2. The summed E-state index contributed by atoms with van der Waals surface area (Å²) in [6, 6.07) is 12.8. The summed E-state index contributed by atoms with van der Waals surface area (Å²) in [6.45, 7) is 11.6. The van der Waals surface area contributed by atoms with E-state index in [1.807, 2.05) is 19.9 Å². The van der Waals surface area contributed by atoms with Gasteiger partial charge in [-0.25, -0.2) is 0 Å². The number of ether oxygens (including phenoxy) is 1. The number of nitrogens with zero attached hydrogens (tertiary/aromatic N) is 4. The molecule has 1 saturated heterocycles. The number of piperazine rings is 1. The topological polar surface area (TPSA) is 61.5 Å². The molecule has 1 aliphatic heterocycles. The first-order chi connectivity index (χ1) is 14.8. The van der Waals surface area contributed by atoms with E-state index in [2.05, 4.69) is 53.6 Å². The molecular formula is C25H32N4O2. The van der Waals surface area contributed by atoms with E-state index in [1.165, 1.54) is 11.3 Å². The number of rotatable bonds is 6. The van der Waals surface area contributed by atoms with Gasteiger partial charge in [0.1, 0.15) is 11.6 Å². The van der Waals surface area contributed by atoms with Crippen LogP contribution in [0.25, 0.3) is 6.08 Å². The van der Waals surface area contributed by atoms with Crippen molar-refractivity contribution < 1.29 is 9.53 Å². The van der Waals surface area contributed by atoms with Gasteiger partial charge in [-0.2, -0.15) is 5.26 Å². The van der Waals surface area contributed by atoms with E-state index in [0.29, 0.717) is 19.7 Å². The number of aromatic nitrogens is 1. The summed E-state index contributed by atoms with van der Waals surface area (Å²) in [5.41, 5.74) is 5.62. The molecule has 6 heteroatoms. The maximum atomic E-state index is 13.1. The lowest BCUT2D eigenvalue weighted by atomic mass is 10.1. The zero-order valence-corrected chi connectivity index (χ0v) is 19.2. The van der Waals surface area contributed by atoms with E-state index in [9.17, 15) is 10.1 Å². The van der Waals surface area contributed by atoms with E-state index in [0.717, 1.165) is 30.0 Å². The van der Waals surface area contributed by atoms with Gasteiger partial charge in [-0.15, -0.1) is 0 Å². The van der Waals surface area contributed by atoms with Gasteiger partial charge in [0, 0.05) is 50.4 Å². The standard InChI is InChI=1S/C25H32N4O2/c1-18-7-6-8-24(13-18)27-9-11-28(12-10-27)25(30)23(16-26)15-22-14-19(2)29(21(22)4)20(3)17-31-5/h6-8,13-15,20H,9-12,17H2,1-5H3/b23-15+. The molecule has 0 aliphatic carbocycles. The summed E-state index contributed by atoms with van der Waals surface area (Å²) in [6.07, 6.45) is 1.73. The Hall–Kier alpha value is -3.04. The van der Waals surface area contributed by atoms with Gasteiger partial charge in [-0.3, -0.25) is 4.79 Å². The molecule has 6 nitrogen and oxygen atoms in total. The lowest BCUT2D eigenvalue weighted by molar-refractivity contribution is -0.126. The van der Waals surface area contributed by atoms with Crippen molar-refractivity contribution in [2.45, 2.75) is 33.7 Å². The van der Waals surface area contributed by atoms with Crippen LogP contribution in [0.15, 0.2) is 35.9 Å². The Morgan fingerprint density at radius 1 is 1.19 bits per heavy atom. The summed E-state index contributed by atoms with van der Waals surface area (Å²) in [7, 11) is 1.69. The molecule has 3 rings (SSSR count). The van der Waals surface area contributed by atoms with E-state index >= 15 is 0 Å². The number of methoxy groups -OCH3 is 1. The maximum absolute atomic E-state index is 13.1. The number of carbonyl (C=O) groups is 1. The third kappa shape index (κ3) is 5.00. The fourth-order valence-corrected chi connectivity index (χ4v) is 4.40. The molecule has 1 fully saturated rings. The predicted molar refractivity (Wildman–Crippen MR) is 124 cm³/mol. The highest BCUT2D eigenvalue weighted by atomic mass is 16.5. The van der Waals surface area contributed by atoms with Crippen LogP contribution < -0.4 is 4.90 Å². The molecule has 1 amide bonds. The molecule has 0 radical (unpaired) electrons. The molecule has 2 heterocycles. The zero-order valence-electron chi connectivity index (χ0n) is 19.2. The van der Waals surface area contributed by atoms with Crippen LogP contribution in [0, 0.1) is 32.1 Å². The second-order valence-corrected chi connectivity index (χ2v) is 8.29. The minimum Gasteiger partial charge on any atom is -0.383 e. The quantitative estimate of drug-likeness (QED) is 0.526. The molecule has 31 heavy (non-hydrogen) atoms. The van der Waals surface area contributed by atoms with Crippen molar-refractivity contribution in [3.8, 4) is 6.07 Å². The molecule has 0 bridgehead atoms. The van der Waals surface area contributed by atoms with Crippen LogP contribution in [0.1, 0.15) is 35.5 Å². The minimum absolute atomic E-state index is 0.183. The van der Waals surface area contributed by atoms with E-state index < -0.39 is 0 Å². The Kier molecular flexibility index (Phi) is 7.19. The van der Waals surface area contributed by atoms with Gasteiger partial charge in [-0.1, -0.05) is 12.1 Å². The van der Waals surface area contributed by atoms with Gasteiger partial charge in [0.2, 0.25) is 0 Å². The van der Waals surface area contributed by atoms with Crippen LogP contribution in [0.5, 0.6) is 0 Å². The van der Waals surface area contributed by atoms with Crippen LogP contribution >= 0.6 is 0 Å². The van der Waals surface area contributed by atoms with Crippen molar-refractivity contribution in [2.75, 3.05) is 44.8 Å². The van der Waals surface area contributed by atoms with Gasteiger partial charge < -0.3 is 19.1 Å². The zero-order chi connectivity index (χ0) is 22.5. The molecule has 2 aromatic rings. The Morgan fingerprint density at radius 2 is 1.90 bits per heavy atom. The third-order valence-electron chi connectivity index (χ3n) is 5.96. The van der Waals surface area contributed by atoms with Crippen molar-refractivity contribution in [1.29, 1.82) is 5.26 Å². The van der Waals surface area contributed by atoms with Crippen LogP contribution in [-0.2, 0) is 9.53 Å².